The summed E-state index contributed by atoms with van der Waals surface area (Å²) in [6.07, 6.45) is 6.56. The van der Waals surface area contributed by atoms with Crippen molar-refractivity contribution in [3.63, 3.8) is 0 Å². The van der Waals surface area contributed by atoms with Gasteiger partial charge in [0.15, 0.2) is 5.82 Å². The van der Waals surface area contributed by atoms with E-state index in [1.165, 1.54) is 32.1 Å². The van der Waals surface area contributed by atoms with Crippen molar-refractivity contribution in [3.05, 3.63) is 5.82 Å². The molecule has 1 unspecified atom stereocenters. The van der Waals surface area contributed by atoms with E-state index in [2.05, 4.69) is 48.5 Å². The molecule has 1 aromatic heterocycles. The van der Waals surface area contributed by atoms with Crippen molar-refractivity contribution in [2.75, 3.05) is 6.54 Å². The molecule has 5 heteroatoms. The maximum atomic E-state index is 4.24. The van der Waals surface area contributed by atoms with Crippen LogP contribution in [0.5, 0.6) is 0 Å². The van der Waals surface area contributed by atoms with Crippen LogP contribution in [0.1, 0.15) is 71.7 Å². The molecule has 1 saturated carbocycles. The average Bonchev–Trinajstić information content (AvgIpc) is 3.06. The highest BCUT2D eigenvalue weighted by atomic mass is 15.5. The Bertz CT molecular complexity index is 406. The molecule has 1 atom stereocenters. The highest BCUT2D eigenvalue weighted by Gasteiger charge is 2.34. The lowest BCUT2D eigenvalue weighted by Gasteiger charge is -2.28. The van der Waals surface area contributed by atoms with Gasteiger partial charge in [-0.1, -0.05) is 33.6 Å². The molecule has 1 N–H and O–H groups in total. The Morgan fingerprint density at radius 1 is 1.25 bits per heavy atom. The summed E-state index contributed by atoms with van der Waals surface area (Å²) in [4.78, 5) is 0. The van der Waals surface area contributed by atoms with Gasteiger partial charge in [-0.15, -0.1) is 5.10 Å². The molecule has 1 heterocycles. The molecule has 0 aliphatic heterocycles. The molecule has 1 fully saturated rings. The Morgan fingerprint density at radius 3 is 2.55 bits per heavy atom. The van der Waals surface area contributed by atoms with Crippen LogP contribution in [0.15, 0.2) is 0 Å². The minimum absolute atomic E-state index is 0.211. The topological polar surface area (TPSA) is 55.6 Å². The van der Waals surface area contributed by atoms with E-state index in [4.69, 9.17) is 0 Å². The van der Waals surface area contributed by atoms with Crippen molar-refractivity contribution in [1.29, 1.82) is 0 Å². The molecular formula is C15H29N5. The molecule has 0 amide bonds. The van der Waals surface area contributed by atoms with Crippen LogP contribution < -0.4 is 5.32 Å². The molecule has 1 aliphatic rings. The number of nitrogens with zero attached hydrogens (tertiary/aromatic N) is 4. The number of rotatable bonds is 7. The van der Waals surface area contributed by atoms with Gasteiger partial charge < -0.3 is 5.32 Å². The van der Waals surface area contributed by atoms with E-state index in [1.807, 2.05) is 4.68 Å². The van der Waals surface area contributed by atoms with Crippen molar-refractivity contribution in [2.24, 2.45) is 11.3 Å². The lowest BCUT2D eigenvalue weighted by molar-refractivity contribution is 0.219. The smallest absolute Gasteiger partial charge is 0.167 e. The number of hydrogen-bond acceptors (Lipinski definition) is 4. The molecule has 2 rings (SSSR count). The lowest BCUT2D eigenvalue weighted by atomic mass is 9.83. The number of tetrazole rings is 1. The quantitative estimate of drug-likeness (QED) is 0.833. The Labute approximate surface area is 122 Å². The van der Waals surface area contributed by atoms with Gasteiger partial charge in [0.05, 0.1) is 12.6 Å². The molecular weight excluding hydrogens is 250 g/mol. The van der Waals surface area contributed by atoms with E-state index in [0.717, 1.165) is 18.9 Å². The minimum Gasteiger partial charge on any atom is -0.307 e. The van der Waals surface area contributed by atoms with Gasteiger partial charge in [0.1, 0.15) is 0 Å². The van der Waals surface area contributed by atoms with E-state index >= 15 is 0 Å². The van der Waals surface area contributed by atoms with Gasteiger partial charge in [0, 0.05) is 0 Å². The van der Waals surface area contributed by atoms with Crippen molar-refractivity contribution in [3.8, 4) is 0 Å². The first-order valence-corrected chi connectivity index (χ1v) is 8.06. The van der Waals surface area contributed by atoms with Gasteiger partial charge in [0.2, 0.25) is 0 Å². The first-order chi connectivity index (χ1) is 9.56. The van der Waals surface area contributed by atoms with E-state index in [9.17, 15) is 0 Å². The maximum absolute atomic E-state index is 4.24. The molecule has 0 spiro atoms. The molecule has 0 radical (unpaired) electrons. The summed E-state index contributed by atoms with van der Waals surface area (Å²) in [6.45, 7) is 10.8. The van der Waals surface area contributed by atoms with E-state index in [-0.39, 0.29) is 6.04 Å². The second-order valence-electron chi connectivity index (χ2n) is 6.78. The van der Waals surface area contributed by atoms with Gasteiger partial charge in [-0.2, -0.15) is 0 Å². The van der Waals surface area contributed by atoms with E-state index < -0.39 is 0 Å². The summed E-state index contributed by atoms with van der Waals surface area (Å²) in [5.41, 5.74) is 0.419. The average molecular weight is 279 g/mol. The molecule has 0 bridgehead atoms. The van der Waals surface area contributed by atoms with E-state index in [0.29, 0.717) is 11.3 Å². The lowest BCUT2D eigenvalue weighted by Crippen LogP contribution is -2.29. The normalized spacial score (nSPS) is 19.6. The van der Waals surface area contributed by atoms with Crippen molar-refractivity contribution >= 4 is 0 Å². The Balaban J connectivity index is 2.04. The Hall–Kier alpha value is -0.970. The second kappa shape index (κ2) is 6.66. The zero-order valence-corrected chi connectivity index (χ0v) is 13.4. The van der Waals surface area contributed by atoms with Gasteiger partial charge in [-0.25, -0.2) is 4.68 Å². The van der Waals surface area contributed by atoms with E-state index in [1.54, 1.807) is 0 Å². The summed E-state index contributed by atoms with van der Waals surface area (Å²) < 4.78 is 2.03. The van der Waals surface area contributed by atoms with Crippen molar-refractivity contribution < 1.29 is 0 Å². The van der Waals surface area contributed by atoms with Crippen LogP contribution in [0.25, 0.3) is 0 Å². The molecule has 1 aromatic rings. The fraction of sp³-hybridized carbons (Fsp3) is 0.933. The van der Waals surface area contributed by atoms with Crippen LogP contribution in [-0.2, 0) is 6.54 Å². The Kier molecular flexibility index (Phi) is 5.13. The van der Waals surface area contributed by atoms with Crippen molar-refractivity contribution in [1.82, 2.24) is 25.5 Å². The summed E-state index contributed by atoms with van der Waals surface area (Å²) in [5.74, 6) is 1.61. The largest absolute Gasteiger partial charge is 0.307 e. The monoisotopic (exact) mass is 279 g/mol. The highest BCUT2D eigenvalue weighted by molar-refractivity contribution is 4.93. The zero-order valence-electron chi connectivity index (χ0n) is 13.4. The minimum atomic E-state index is 0.211. The zero-order chi connectivity index (χ0) is 14.6. The van der Waals surface area contributed by atoms with Crippen LogP contribution in [0.4, 0.5) is 0 Å². The van der Waals surface area contributed by atoms with Gasteiger partial charge in [-0.3, -0.25) is 0 Å². The SMILES string of the molecule is CCC1(Cn2nnnc2C(C)NCC(C)C)CCCC1. The predicted octanol–water partition coefficient (Wildman–Crippen LogP) is 2.95. The third-order valence-corrected chi connectivity index (χ3v) is 4.68. The molecule has 20 heavy (non-hydrogen) atoms. The first kappa shape index (κ1) is 15.4. The summed E-state index contributed by atoms with van der Waals surface area (Å²) >= 11 is 0. The van der Waals surface area contributed by atoms with Crippen LogP contribution in [0.2, 0.25) is 0 Å². The van der Waals surface area contributed by atoms with Gasteiger partial charge >= 0.3 is 0 Å². The number of hydrogen-bond donors (Lipinski definition) is 1. The third kappa shape index (κ3) is 3.57. The van der Waals surface area contributed by atoms with Crippen LogP contribution in [-0.4, -0.2) is 26.8 Å². The molecule has 5 nitrogen and oxygen atoms in total. The molecule has 1 aliphatic carbocycles. The molecule has 0 aromatic carbocycles. The highest BCUT2D eigenvalue weighted by Crippen LogP contribution is 2.42. The number of aromatic nitrogens is 4. The van der Waals surface area contributed by atoms with Crippen LogP contribution >= 0.6 is 0 Å². The van der Waals surface area contributed by atoms with Crippen LogP contribution in [0.3, 0.4) is 0 Å². The standard InChI is InChI=1S/C15H29N5/c1-5-15(8-6-7-9-15)11-20-14(17-18-19-20)13(4)16-10-12(2)3/h12-13,16H,5-11H2,1-4H3. The summed E-state index contributed by atoms with van der Waals surface area (Å²) in [5, 5.41) is 15.9. The summed E-state index contributed by atoms with van der Waals surface area (Å²) in [7, 11) is 0. The van der Waals surface area contributed by atoms with Crippen molar-refractivity contribution in [2.45, 2.75) is 72.4 Å². The fourth-order valence-electron chi connectivity index (χ4n) is 3.20. The van der Waals surface area contributed by atoms with Gasteiger partial charge in [-0.05, 0) is 54.5 Å². The molecule has 114 valence electrons. The first-order valence-electron chi connectivity index (χ1n) is 8.06. The number of nitrogens with one attached hydrogen (secondary N) is 1. The second-order valence-corrected chi connectivity index (χ2v) is 6.78. The van der Waals surface area contributed by atoms with Crippen LogP contribution in [0, 0.1) is 11.3 Å². The molecule has 0 saturated heterocycles. The summed E-state index contributed by atoms with van der Waals surface area (Å²) in [6, 6.07) is 0.211. The third-order valence-electron chi connectivity index (χ3n) is 4.68. The van der Waals surface area contributed by atoms with Gasteiger partial charge in [0.25, 0.3) is 0 Å². The fourth-order valence-corrected chi connectivity index (χ4v) is 3.20. The Morgan fingerprint density at radius 2 is 1.95 bits per heavy atom. The predicted molar refractivity (Wildman–Crippen MR) is 80.3 cm³/mol. The maximum Gasteiger partial charge on any atom is 0.167 e.